The fourth-order valence-electron chi connectivity index (χ4n) is 1.55. The van der Waals surface area contributed by atoms with E-state index in [2.05, 4.69) is 0 Å². The predicted octanol–water partition coefficient (Wildman–Crippen LogP) is 2.83. The molecule has 0 aliphatic rings. The molecule has 6 heteroatoms. The second-order valence-corrected chi connectivity index (χ2v) is 3.47. The van der Waals surface area contributed by atoms with Crippen LogP contribution >= 0.6 is 0 Å². The summed E-state index contributed by atoms with van der Waals surface area (Å²) >= 11 is 0. The molecule has 6 nitrogen and oxygen atoms in total. The molecule has 2 aromatic rings. The zero-order valence-corrected chi connectivity index (χ0v) is 9.54. The van der Waals surface area contributed by atoms with E-state index < -0.39 is 4.92 Å². The second-order valence-electron chi connectivity index (χ2n) is 3.47. The maximum atomic E-state index is 10.9. The van der Waals surface area contributed by atoms with Crippen molar-refractivity contribution >= 4 is 11.6 Å². The van der Waals surface area contributed by atoms with Crippen LogP contribution in [-0.4, -0.2) is 17.9 Å². The molecule has 0 atom stereocenters. The highest BCUT2D eigenvalue weighted by Crippen LogP contribution is 2.30. The summed E-state index contributed by atoms with van der Waals surface area (Å²) in [6, 6.07) is 9.38. The molecule has 0 bridgehead atoms. The van der Waals surface area contributed by atoms with Gasteiger partial charge < -0.3 is 9.15 Å². The number of nitro benzene ring substituents is 1. The first-order valence-electron chi connectivity index (χ1n) is 5.10. The SMILES string of the molecule is COC(=N)c1ccc(-c2ccccc2[N+](=O)[O-])o1. The summed E-state index contributed by atoms with van der Waals surface area (Å²) in [7, 11) is 1.36. The Hall–Kier alpha value is -2.63. The molecule has 0 fully saturated rings. The molecule has 0 saturated carbocycles. The average molecular weight is 246 g/mol. The number of nitro groups is 1. The molecule has 0 radical (unpaired) electrons. The Balaban J connectivity index is 2.46. The van der Waals surface area contributed by atoms with Crippen molar-refractivity contribution in [2.75, 3.05) is 7.11 Å². The maximum Gasteiger partial charge on any atom is 0.280 e. The van der Waals surface area contributed by atoms with E-state index in [1.807, 2.05) is 0 Å². The first-order valence-corrected chi connectivity index (χ1v) is 5.10. The number of methoxy groups -OCH3 is 1. The number of nitrogens with zero attached hydrogens (tertiary/aromatic N) is 1. The van der Waals surface area contributed by atoms with Crippen LogP contribution in [0, 0.1) is 15.5 Å². The van der Waals surface area contributed by atoms with Gasteiger partial charge in [0.25, 0.3) is 5.69 Å². The van der Waals surface area contributed by atoms with Crippen LogP contribution in [0.25, 0.3) is 11.3 Å². The normalized spacial score (nSPS) is 10.1. The molecule has 0 amide bonds. The largest absolute Gasteiger partial charge is 0.479 e. The van der Waals surface area contributed by atoms with E-state index in [4.69, 9.17) is 14.6 Å². The molecule has 0 spiro atoms. The van der Waals surface area contributed by atoms with Gasteiger partial charge >= 0.3 is 0 Å². The van der Waals surface area contributed by atoms with Crippen LogP contribution in [0.15, 0.2) is 40.8 Å². The Morgan fingerprint density at radius 3 is 2.72 bits per heavy atom. The van der Waals surface area contributed by atoms with Crippen LogP contribution in [0.2, 0.25) is 0 Å². The second kappa shape index (κ2) is 4.70. The van der Waals surface area contributed by atoms with E-state index in [0.717, 1.165) is 0 Å². The molecule has 1 N–H and O–H groups in total. The number of para-hydroxylation sites is 1. The topological polar surface area (TPSA) is 89.4 Å². The first kappa shape index (κ1) is 11.8. The lowest BCUT2D eigenvalue weighted by molar-refractivity contribution is -0.384. The van der Waals surface area contributed by atoms with Gasteiger partial charge in [-0.1, -0.05) is 12.1 Å². The van der Waals surface area contributed by atoms with Gasteiger partial charge in [-0.2, -0.15) is 0 Å². The zero-order valence-electron chi connectivity index (χ0n) is 9.54. The molecule has 1 aromatic heterocycles. The Labute approximate surface area is 102 Å². The number of furan rings is 1. The molecule has 0 saturated heterocycles. The smallest absolute Gasteiger partial charge is 0.280 e. The van der Waals surface area contributed by atoms with Crippen molar-refractivity contribution in [1.82, 2.24) is 0 Å². The molecule has 1 aromatic carbocycles. The number of benzene rings is 1. The minimum Gasteiger partial charge on any atom is -0.479 e. The molecular formula is C12H10N2O4. The van der Waals surface area contributed by atoms with Crippen LogP contribution < -0.4 is 0 Å². The van der Waals surface area contributed by atoms with Crippen molar-refractivity contribution in [1.29, 1.82) is 5.41 Å². The van der Waals surface area contributed by atoms with Crippen molar-refractivity contribution in [3.63, 3.8) is 0 Å². The van der Waals surface area contributed by atoms with Crippen LogP contribution in [0.5, 0.6) is 0 Å². The van der Waals surface area contributed by atoms with Gasteiger partial charge in [-0.05, 0) is 18.2 Å². The summed E-state index contributed by atoms with van der Waals surface area (Å²) in [5.74, 6) is 0.435. The van der Waals surface area contributed by atoms with E-state index in [1.165, 1.54) is 19.2 Å². The minimum absolute atomic E-state index is 0.0395. The zero-order chi connectivity index (χ0) is 13.1. The van der Waals surface area contributed by atoms with Gasteiger partial charge in [0.15, 0.2) is 5.76 Å². The Morgan fingerprint density at radius 1 is 1.33 bits per heavy atom. The number of hydrogen-bond acceptors (Lipinski definition) is 5. The van der Waals surface area contributed by atoms with Crippen LogP contribution in [0.4, 0.5) is 5.69 Å². The van der Waals surface area contributed by atoms with E-state index in [0.29, 0.717) is 11.3 Å². The Morgan fingerprint density at radius 2 is 2.06 bits per heavy atom. The third-order valence-electron chi connectivity index (χ3n) is 2.40. The number of nitrogens with one attached hydrogen (secondary N) is 1. The van der Waals surface area contributed by atoms with Crippen molar-refractivity contribution in [2.45, 2.75) is 0 Å². The Bertz CT molecular complexity index is 604. The minimum atomic E-state index is -0.473. The van der Waals surface area contributed by atoms with Crippen molar-refractivity contribution < 1.29 is 14.1 Å². The highest BCUT2D eigenvalue weighted by Gasteiger charge is 2.18. The molecule has 1 heterocycles. The molecule has 0 unspecified atom stereocenters. The van der Waals surface area contributed by atoms with Crippen molar-refractivity contribution in [2.24, 2.45) is 0 Å². The summed E-state index contributed by atoms with van der Waals surface area (Å²) in [5, 5.41) is 18.3. The van der Waals surface area contributed by atoms with Gasteiger partial charge in [-0.3, -0.25) is 15.5 Å². The lowest BCUT2D eigenvalue weighted by Crippen LogP contribution is -1.98. The number of rotatable bonds is 3. The van der Waals surface area contributed by atoms with E-state index in [1.54, 1.807) is 24.3 Å². The van der Waals surface area contributed by atoms with Crippen LogP contribution in [-0.2, 0) is 4.74 Å². The maximum absolute atomic E-state index is 10.9. The summed E-state index contributed by atoms with van der Waals surface area (Å²) in [6.07, 6.45) is 0. The number of ether oxygens (including phenoxy) is 1. The summed E-state index contributed by atoms with van der Waals surface area (Å²) in [5.41, 5.74) is 0.333. The van der Waals surface area contributed by atoms with Gasteiger partial charge in [0, 0.05) is 6.07 Å². The molecular weight excluding hydrogens is 236 g/mol. The monoisotopic (exact) mass is 246 g/mol. The molecule has 0 aliphatic heterocycles. The highest BCUT2D eigenvalue weighted by atomic mass is 16.6. The summed E-state index contributed by atoms with van der Waals surface area (Å²) < 4.78 is 10.1. The summed E-state index contributed by atoms with van der Waals surface area (Å²) in [6.45, 7) is 0. The van der Waals surface area contributed by atoms with E-state index >= 15 is 0 Å². The van der Waals surface area contributed by atoms with Gasteiger partial charge in [-0.25, -0.2) is 0 Å². The van der Waals surface area contributed by atoms with Gasteiger partial charge in [0.05, 0.1) is 17.6 Å². The molecule has 18 heavy (non-hydrogen) atoms. The lowest BCUT2D eigenvalue weighted by Gasteiger charge is -1.99. The quantitative estimate of drug-likeness (QED) is 0.390. The third-order valence-corrected chi connectivity index (χ3v) is 2.40. The molecule has 0 aliphatic carbocycles. The van der Waals surface area contributed by atoms with E-state index in [9.17, 15) is 10.1 Å². The average Bonchev–Trinajstić information content (AvgIpc) is 2.87. The van der Waals surface area contributed by atoms with Crippen LogP contribution in [0.1, 0.15) is 5.76 Å². The van der Waals surface area contributed by atoms with Gasteiger partial charge in [-0.15, -0.1) is 0 Å². The fourth-order valence-corrected chi connectivity index (χ4v) is 1.55. The lowest BCUT2D eigenvalue weighted by atomic mass is 10.1. The molecule has 92 valence electrons. The third kappa shape index (κ3) is 2.08. The summed E-state index contributed by atoms with van der Waals surface area (Å²) in [4.78, 5) is 10.4. The van der Waals surface area contributed by atoms with E-state index in [-0.39, 0.29) is 17.3 Å². The van der Waals surface area contributed by atoms with Crippen molar-refractivity contribution in [3.8, 4) is 11.3 Å². The molecule has 2 rings (SSSR count). The standard InChI is InChI=1S/C12H10N2O4/c1-17-12(13)11-7-6-10(18-11)8-4-2-3-5-9(8)14(15)16/h2-7,13H,1H3. The first-order chi connectivity index (χ1) is 8.63. The van der Waals surface area contributed by atoms with Crippen LogP contribution in [0.3, 0.4) is 0 Å². The van der Waals surface area contributed by atoms with Gasteiger partial charge in [0.2, 0.25) is 5.90 Å². The number of hydrogen-bond donors (Lipinski definition) is 1. The highest BCUT2D eigenvalue weighted by molar-refractivity contribution is 5.89. The van der Waals surface area contributed by atoms with Gasteiger partial charge in [0.1, 0.15) is 5.76 Å². The predicted molar refractivity (Wildman–Crippen MR) is 64.6 cm³/mol. The van der Waals surface area contributed by atoms with Crippen molar-refractivity contribution in [3.05, 3.63) is 52.3 Å². The fraction of sp³-hybridized carbons (Fsp3) is 0.0833. The Kier molecular flexibility index (Phi) is 3.09.